The first-order chi connectivity index (χ1) is 12.1. The number of nitrogens with zero attached hydrogens (tertiary/aromatic N) is 1. The highest BCUT2D eigenvalue weighted by molar-refractivity contribution is 5.89. The second-order valence-electron chi connectivity index (χ2n) is 5.77. The Balaban J connectivity index is 1.87. The summed E-state index contributed by atoms with van der Waals surface area (Å²) in [6.45, 7) is 0. The molecule has 0 bridgehead atoms. The fourth-order valence-electron chi connectivity index (χ4n) is 2.77. The number of anilines is 1. The fraction of sp³-hybridized carbons (Fsp3) is 0.0952. The molecule has 3 rings (SSSR count). The van der Waals surface area contributed by atoms with E-state index in [1.807, 2.05) is 60.7 Å². The maximum atomic E-state index is 13.0. The van der Waals surface area contributed by atoms with Crippen LogP contribution in [0.3, 0.4) is 0 Å². The first kappa shape index (κ1) is 16.7. The molecular formula is C21H19FN2O. The molecule has 0 heterocycles. The van der Waals surface area contributed by atoms with Crippen LogP contribution in [-0.4, -0.2) is 18.0 Å². The average Bonchev–Trinajstić information content (AvgIpc) is 2.65. The molecular weight excluding hydrogens is 315 g/mol. The number of hydrogen-bond donors (Lipinski definition) is 1. The van der Waals surface area contributed by atoms with Gasteiger partial charge < -0.3 is 10.2 Å². The molecule has 0 saturated carbocycles. The minimum Gasteiger partial charge on any atom is -0.316 e. The lowest BCUT2D eigenvalue weighted by Gasteiger charge is -2.29. The van der Waals surface area contributed by atoms with E-state index in [2.05, 4.69) is 5.32 Å². The Morgan fingerprint density at radius 3 is 1.80 bits per heavy atom. The van der Waals surface area contributed by atoms with Crippen LogP contribution in [-0.2, 0) is 0 Å². The normalized spacial score (nSPS) is 10.5. The van der Waals surface area contributed by atoms with Crippen LogP contribution < -0.4 is 5.32 Å². The molecule has 0 unspecified atom stereocenters. The number of carbonyl (C=O) groups excluding carboxylic acids is 1. The van der Waals surface area contributed by atoms with Gasteiger partial charge in [0, 0.05) is 12.7 Å². The summed E-state index contributed by atoms with van der Waals surface area (Å²) in [5, 5.41) is 2.81. The number of nitrogens with one attached hydrogen (secondary N) is 1. The zero-order chi connectivity index (χ0) is 17.6. The van der Waals surface area contributed by atoms with Crippen molar-refractivity contribution in [1.29, 1.82) is 0 Å². The summed E-state index contributed by atoms with van der Waals surface area (Å²) < 4.78 is 13.0. The summed E-state index contributed by atoms with van der Waals surface area (Å²) in [7, 11) is 1.75. The Morgan fingerprint density at radius 2 is 1.32 bits per heavy atom. The van der Waals surface area contributed by atoms with Gasteiger partial charge in [-0.15, -0.1) is 0 Å². The van der Waals surface area contributed by atoms with Crippen molar-refractivity contribution in [2.45, 2.75) is 6.04 Å². The second kappa shape index (κ2) is 7.62. The van der Waals surface area contributed by atoms with Crippen LogP contribution in [0.4, 0.5) is 14.9 Å². The first-order valence-electron chi connectivity index (χ1n) is 8.04. The lowest BCUT2D eigenvalue weighted by Crippen LogP contribution is -2.35. The van der Waals surface area contributed by atoms with E-state index in [-0.39, 0.29) is 17.9 Å². The molecule has 1 N–H and O–H groups in total. The third kappa shape index (κ3) is 4.04. The van der Waals surface area contributed by atoms with Crippen molar-refractivity contribution in [3.05, 3.63) is 102 Å². The van der Waals surface area contributed by atoms with Crippen LogP contribution in [0.25, 0.3) is 0 Å². The summed E-state index contributed by atoms with van der Waals surface area (Å²) in [4.78, 5) is 14.4. The van der Waals surface area contributed by atoms with E-state index in [0.29, 0.717) is 5.69 Å². The van der Waals surface area contributed by atoms with Crippen molar-refractivity contribution >= 4 is 11.7 Å². The van der Waals surface area contributed by atoms with Gasteiger partial charge in [-0.25, -0.2) is 9.18 Å². The quantitative estimate of drug-likeness (QED) is 0.709. The van der Waals surface area contributed by atoms with E-state index < -0.39 is 0 Å². The lowest BCUT2D eigenvalue weighted by molar-refractivity contribution is 0.212. The molecule has 4 heteroatoms. The highest BCUT2D eigenvalue weighted by Gasteiger charge is 2.23. The Labute approximate surface area is 146 Å². The zero-order valence-corrected chi connectivity index (χ0v) is 13.9. The van der Waals surface area contributed by atoms with Crippen molar-refractivity contribution < 1.29 is 9.18 Å². The molecule has 0 aliphatic heterocycles. The Morgan fingerprint density at radius 1 is 0.840 bits per heavy atom. The van der Waals surface area contributed by atoms with Crippen LogP contribution in [0.2, 0.25) is 0 Å². The highest BCUT2D eigenvalue weighted by atomic mass is 19.1. The molecule has 0 aliphatic rings. The minimum absolute atomic E-state index is 0.220. The van der Waals surface area contributed by atoms with Crippen LogP contribution in [0, 0.1) is 5.82 Å². The molecule has 0 aromatic heterocycles. The van der Waals surface area contributed by atoms with E-state index >= 15 is 0 Å². The maximum Gasteiger partial charge on any atom is 0.322 e. The first-order valence-corrected chi connectivity index (χ1v) is 8.04. The molecule has 0 aliphatic carbocycles. The van der Waals surface area contributed by atoms with E-state index in [9.17, 15) is 9.18 Å². The molecule has 0 spiro atoms. The molecule has 0 fully saturated rings. The van der Waals surface area contributed by atoms with Crippen molar-refractivity contribution in [3.8, 4) is 0 Å². The number of benzene rings is 3. The molecule has 0 saturated heterocycles. The molecule has 2 amide bonds. The summed E-state index contributed by atoms with van der Waals surface area (Å²) in [5.74, 6) is -0.335. The molecule has 3 aromatic rings. The monoisotopic (exact) mass is 334 g/mol. The van der Waals surface area contributed by atoms with Crippen molar-refractivity contribution in [2.24, 2.45) is 0 Å². The molecule has 3 aromatic carbocycles. The topological polar surface area (TPSA) is 32.3 Å². The van der Waals surface area contributed by atoms with Gasteiger partial charge >= 0.3 is 6.03 Å². The number of amides is 2. The minimum atomic E-state index is -0.335. The SMILES string of the molecule is CN(C(=O)Nc1ccc(F)cc1)C(c1ccccc1)c1ccccc1. The Hall–Kier alpha value is -3.14. The predicted molar refractivity (Wildman–Crippen MR) is 97.9 cm³/mol. The molecule has 3 nitrogen and oxygen atoms in total. The summed E-state index contributed by atoms with van der Waals surface area (Å²) >= 11 is 0. The van der Waals surface area contributed by atoms with Crippen LogP contribution >= 0.6 is 0 Å². The van der Waals surface area contributed by atoms with Gasteiger partial charge in [-0.2, -0.15) is 0 Å². The van der Waals surface area contributed by atoms with E-state index in [1.54, 1.807) is 24.1 Å². The van der Waals surface area contributed by atoms with Crippen LogP contribution in [0.1, 0.15) is 17.2 Å². The van der Waals surface area contributed by atoms with Crippen molar-refractivity contribution in [2.75, 3.05) is 12.4 Å². The Kier molecular flexibility index (Phi) is 5.09. The van der Waals surface area contributed by atoms with Gasteiger partial charge in [0.05, 0.1) is 6.04 Å². The molecule has 0 radical (unpaired) electrons. The second-order valence-corrected chi connectivity index (χ2v) is 5.77. The lowest BCUT2D eigenvalue weighted by atomic mass is 9.98. The van der Waals surface area contributed by atoms with Gasteiger partial charge in [-0.05, 0) is 35.4 Å². The van der Waals surface area contributed by atoms with Crippen LogP contribution in [0.5, 0.6) is 0 Å². The number of urea groups is 1. The summed E-state index contributed by atoms with van der Waals surface area (Å²) in [5.41, 5.74) is 2.59. The van der Waals surface area contributed by atoms with Crippen molar-refractivity contribution in [1.82, 2.24) is 4.90 Å². The molecule has 25 heavy (non-hydrogen) atoms. The molecule has 0 atom stereocenters. The fourth-order valence-corrected chi connectivity index (χ4v) is 2.77. The van der Waals surface area contributed by atoms with Crippen molar-refractivity contribution in [3.63, 3.8) is 0 Å². The number of halogens is 1. The third-order valence-corrected chi connectivity index (χ3v) is 4.03. The number of carbonyl (C=O) groups is 1. The van der Waals surface area contributed by atoms with E-state index in [1.165, 1.54) is 12.1 Å². The summed E-state index contributed by atoms with van der Waals surface area (Å²) in [6.07, 6.45) is 0. The van der Waals surface area contributed by atoms with Gasteiger partial charge in [0.2, 0.25) is 0 Å². The number of rotatable bonds is 4. The standard InChI is InChI=1S/C21H19FN2O/c1-24(21(25)23-19-14-12-18(22)13-15-19)20(16-8-4-2-5-9-16)17-10-6-3-7-11-17/h2-15,20H,1H3,(H,23,25). The van der Waals surface area contributed by atoms with Gasteiger partial charge in [0.25, 0.3) is 0 Å². The van der Waals surface area contributed by atoms with E-state index in [4.69, 9.17) is 0 Å². The zero-order valence-electron chi connectivity index (χ0n) is 13.9. The van der Waals surface area contributed by atoms with Gasteiger partial charge in [-0.1, -0.05) is 60.7 Å². The summed E-state index contributed by atoms with van der Waals surface area (Å²) in [6, 6.07) is 25.0. The largest absolute Gasteiger partial charge is 0.322 e. The van der Waals surface area contributed by atoms with E-state index in [0.717, 1.165) is 11.1 Å². The Bertz CT molecular complexity index is 780. The number of hydrogen-bond acceptors (Lipinski definition) is 1. The molecule has 126 valence electrons. The smallest absolute Gasteiger partial charge is 0.316 e. The predicted octanol–water partition coefficient (Wildman–Crippen LogP) is 5.08. The maximum absolute atomic E-state index is 13.0. The van der Waals surface area contributed by atoms with Gasteiger partial charge in [0.15, 0.2) is 0 Å². The van der Waals surface area contributed by atoms with Gasteiger partial charge in [-0.3, -0.25) is 0 Å². The van der Waals surface area contributed by atoms with Gasteiger partial charge in [0.1, 0.15) is 5.82 Å². The highest BCUT2D eigenvalue weighted by Crippen LogP contribution is 2.28. The average molecular weight is 334 g/mol. The third-order valence-electron chi connectivity index (χ3n) is 4.03. The van der Waals surface area contributed by atoms with Crippen LogP contribution in [0.15, 0.2) is 84.9 Å².